The highest BCUT2D eigenvalue weighted by Gasteiger charge is 2.33. The van der Waals surface area contributed by atoms with Crippen molar-refractivity contribution in [3.05, 3.63) is 48.0 Å². The second-order valence-corrected chi connectivity index (χ2v) is 6.93. The highest BCUT2D eigenvalue weighted by molar-refractivity contribution is 5.91. The summed E-state index contributed by atoms with van der Waals surface area (Å²) >= 11 is 0. The minimum Gasteiger partial charge on any atom is -0.324 e. The van der Waals surface area contributed by atoms with Crippen LogP contribution in [-0.2, 0) is 30.5 Å². The highest BCUT2D eigenvalue weighted by atomic mass is 19.4. The Morgan fingerprint density at radius 1 is 1.14 bits per heavy atom. The zero-order chi connectivity index (χ0) is 20.4. The molecule has 1 N–H and O–H groups in total. The second-order valence-electron chi connectivity index (χ2n) is 6.93. The van der Waals surface area contributed by atoms with Gasteiger partial charge in [0.2, 0.25) is 5.91 Å². The molecular weight excluding hydrogens is 385 g/mol. The normalized spacial score (nSPS) is 14.3. The van der Waals surface area contributed by atoms with Crippen LogP contribution in [0.5, 0.6) is 0 Å². The van der Waals surface area contributed by atoms with Gasteiger partial charge in [0.1, 0.15) is 12.4 Å². The van der Waals surface area contributed by atoms with Gasteiger partial charge in [-0.2, -0.15) is 18.3 Å². The van der Waals surface area contributed by atoms with Gasteiger partial charge in [-0.15, -0.1) is 10.2 Å². The van der Waals surface area contributed by atoms with Gasteiger partial charge in [0.05, 0.1) is 0 Å². The molecule has 2 aromatic heterocycles. The average molecular weight is 404 g/mol. The topological polar surface area (TPSA) is 77.6 Å². The van der Waals surface area contributed by atoms with Crippen LogP contribution in [0.4, 0.5) is 18.9 Å². The minimum absolute atomic E-state index is 0.319. The van der Waals surface area contributed by atoms with Crippen molar-refractivity contribution in [1.82, 2.24) is 24.5 Å². The van der Waals surface area contributed by atoms with Crippen LogP contribution in [0.2, 0.25) is 0 Å². The van der Waals surface area contributed by atoms with Crippen molar-refractivity contribution >= 4 is 11.6 Å². The number of carbonyl (C=O) groups excluding carboxylic acids is 1. The van der Waals surface area contributed by atoms with E-state index in [0.717, 1.165) is 66.4 Å². The Kier molecular flexibility index (Phi) is 5.08. The molecule has 0 atom stereocenters. The zero-order valence-electron chi connectivity index (χ0n) is 15.5. The predicted molar refractivity (Wildman–Crippen MR) is 98.9 cm³/mol. The summed E-state index contributed by atoms with van der Waals surface area (Å²) in [6.45, 7) is 0.537. The van der Waals surface area contributed by atoms with E-state index in [0.29, 0.717) is 5.69 Å². The molecule has 0 saturated heterocycles. The fraction of sp³-hybridized carbons (Fsp3) is 0.368. The molecule has 1 amide bonds. The Hall–Kier alpha value is -3.17. The molecule has 10 heteroatoms. The number of anilines is 1. The van der Waals surface area contributed by atoms with Gasteiger partial charge in [0.25, 0.3) is 0 Å². The van der Waals surface area contributed by atoms with E-state index in [1.165, 1.54) is 0 Å². The number of alkyl halides is 3. The Morgan fingerprint density at radius 2 is 2.00 bits per heavy atom. The molecule has 1 aromatic carbocycles. The van der Waals surface area contributed by atoms with Crippen molar-refractivity contribution < 1.29 is 18.0 Å². The first kappa shape index (κ1) is 19.2. The molecule has 1 aliphatic rings. The number of hydrogen-bond donors (Lipinski definition) is 1. The van der Waals surface area contributed by atoms with Crippen LogP contribution in [0.15, 0.2) is 36.5 Å². The van der Waals surface area contributed by atoms with Gasteiger partial charge in [-0.05, 0) is 31.0 Å². The Balaban J connectivity index is 1.47. The molecule has 0 spiro atoms. The largest absolute Gasteiger partial charge is 0.435 e. The van der Waals surface area contributed by atoms with Crippen molar-refractivity contribution in [3.8, 4) is 11.4 Å². The first-order valence-electron chi connectivity index (χ1n) is 9.33. The lowest BCUT2D eigenvalue weighted by Gasteiger charge is -2.10. The van der Waals surface area contributed by atoms with Gasteiger partial charge >= 0.3 is 6.18 Å². The van der Waals surface area contributed by atoms with Crippen LogP contribution < -0.4 is 5.32 Å². The van der Waals surface area contributed by atoms with Gasteiger partial charge < -0.3 is 9.88 Å². The number of nitrogens with zero attached hydrogens (tertiary/aromatic N) is 5. The zero-order valence-corrected chi connectivity index (χ0v) is 15.5. The first-order valence-corrected chi connectivity index (χ1v) is 9.33. The standard InChI is InChI=1S/C19H19F3N6O/c20-19(21,22)15-8-10-27(26-15)12-17(29)23-14-6-4-5-13(11-14)18-25-24-16-7-2-1-3-9-28(16)18/h4-6,8,10-11H,1-3,7,9,12H2,(H,23,29). The average Bonchev–Trinajstić information content (AvgIpc) is 3.23. The Morgan fingerprint density at radius 3 is 2.79 bits per heavy atom. The molecule has 0 radical (unpaired) electrons. The molecule has 152 valence electrons. The number of fused-ring (bicyclic) bond motifs is 1. The van der Waals surface area contributed by atoms with Crippen LogP contribution in [0.25, 0.3) is 11.4 Å². The maximum Gasteiger partial charge on any atom is 0.435 e. The maximum atomic E-state index is 12.6. The lowest BCUT2D eigenvalue weighted by Crippen LogP contribution is -2.19. The monoisotopic (exact) mass is 404 g/mol. The van der Waals surface area contributed by atoms with Crippen LogP contribution in [0, 0.1) is 0 Å². The third-order valence-electron chi connectivity index (χ3n) is 4.75. The minimum atomic E-state index is -4.54. The quantitative estimate of drug-likeness (QED) is 0.722. The summed E-state index contributed by atoms with van der Waals surface area (Å²) in [6, 6.07) is 8.01. The SMILES string of the molecule is O=C(Cn1ccc(C(F)(F)F)n1)Nc1cccc(-c2nnc3n2CCCCC3)c1. The molecular formula is C19H19F3N6O. The summed E-state index contributed by atoms with van der Waals surface area (Å²) < 4.78 is 40.9. The number of hydrogen-bond acceptors (Lipinski definition) is 4. The van der Waals surface area contributed by atoms with E-state index in [1.54, 1.807) is 18.2 Å². The number of aryl methyl sites for hydroxylation is 1. The molecule has 0 bridgehead atoms. The Labute approximate surface area is 164 Å². The van der Waals surface area contributed by atoms with E-state index in [9.17, 15) is 18.0 Å². The summed E-state index contributed by atoms with van der Waals surface area (Å²) in [4.78, 5) is 12.2. The van der Waals surface area contributed by atoms with E-state index in [2.05, 4.69) is 25.2 Å². The van der Waals surface area contributed by atoms with E-state index in [1.807, 2.05) is 6.07 Å². The van der Waals surface area contributed by atoms with Crippen LogP contribution in [0.3, 0.4) is 0 Å². The number of nitrogens with one attached hydrogen (secondary N) is 1. The second kappa shape index (κ2) is 7.69. The summed E-state index contributed by atoms with van der Waals surface area (Å²) in [7, 11) is 0. The number of rotatable bonds is 4. The molecule has 1 aliphatic heterocycles. The molecule has 0 unspecified atom stereocenters. The molecule has 0 fully saturated rings. The number of carbonyl (C=O) groups is 1. The van der Waals surface area contributed by atoms with Crippen molar-refractivity contribution in [2.45, 2.75) is 44.9 Å². The lowest BCUT2D eigenvalue weighted by molar-refractivity contribution is -0.141. The van der Waals surface area contributed by atoms with Gasteiger partial charge in [-0.3, -0.25) is 9.48 Å². The van der Waals surface area contributed by atoms with Gasteiger partial charge in [0, 0.05) is 30.4 Å². The van der Waals surface area contributed by atoms with Gasteiger partial charge in [-0.25, -0.2) is 0 Å². The van der Waals surface area contributed by atoms with Crippen molar-refractivity contribution in [2.24, 2.45) is 0 Å². The molecule has 0 saturated carbocycles. The van der Waals surface area contributed by atoms with Crippen LogP contribution in [-0.4, -0.2) is 30.5 Å². The fourth-order valence-electron chi connectivity index (χ4n) is 3.38. The first-order chi connectivity index (χ1) is 13.9. The van der Waals surface area contributed by atoms with E-state index < -0.39 is 17.8 Å². The molecule has 4 rings (SSSR count). The smallest absolute Gasteiger partial charge is 0.324 e. The van der Waals surface area contributed by atoms with Crippen molar-refractivity contribution in [3.63, 3.8) is 0 Å². The predicted octanol–water partition coefficient (Wildman–Crippen LogP) is 3.53. The molecule has 3 heterocycles. The van der Waals surface area contributed by atoms with Gasteiger partial charge in [0.15, 0.2) is 11.5 Å². The number of halogens is 3. The number of aromatic nitrogens is 5. The summed E-state index contributed by atoms with van der Waals surface area (Å²) in [5.74, 6) is 1.24. The summed E-state index contributed by atoms with van der Waals surface area (Å²) in [5, 5.41) is 14.7. The van der Waals surface area contributed by atoms with Crippen molar-refractivity contribution in [2.75, 3.05) is 5.32 Å². The van der Waals surface area contributed by atoms with E-state index >= 15 is 0 Å². The third kappa shape index (κ3) is 4.30. The maximum absolute atomic E-state index is 12.6. The van der Waals surface area contributed by atoms with Crippen LogP contribution in [0.1, 0.15) is 30.8 Å². The van der Waals surface area contributed by atoms with E-state index in [-0.39, 0.29) is 6.54 Å². The molecule has 3 aromatic rings. The lowest BCUT2D eigenvalue weighted by atomic mass is 10.2. The fourth-order valence-corrected chi connectivity index (χ4v) is 3.38. The summed E-state index contributed by atoms with van der Waals surface area (Å²) in [5.41, 5.74) is 0.323. The molecule has 7 nitrogen and oxygen atoms in total. The summed E-state index contributed by atoms with van der Waals surface area (Å²) in [6.07, 6.45) is 0.808. The third-order valence-corrected chi connectivity index (χ3v) is 4.75. The van der Waals surface area contributed by atoms with Crippen LogP contribution >= 0.6 is 0 Å². The number of amides is 1. The van der Waals surface area contributed by atoms with Crippen molar-refractivity contribution in [1.29, 1.82) is 0 Å². The number of benzene rings is 1. The molecule has 29 heavy (non-hydrogen) atoms. The van der Waals surface area contributed by atoms with Gasteiger partial charge in [-0.1, -0.05) is 18.6 Å². The molecule has 0 aliphatic carbocycles. The highest BCUT2D eigenvalue weighted by Crippen LogP contribution is 2.27. The van der Waals surface area contributed by atoms with E-state index in [4.69, 9.17) is 0 Å². The Bertz CT molecular complexity index is 1020.